The Kier molecular flexibility index (Phi) is 7.17. The SMILES string of the molecule is CCOC(=O)Cc1ccc(COc2ccc3c(c2)C/C(=C\c2cc(Cl)cc(Cl)c2)C3=O)cc1. The van der Waals surface area contributed by atoms with Crippen molar-refractivity contribution in [3.8, 4) is 5.75 Å². The molecule has 0 saturated heterocycles. The van der Waals surface area contributed by atoms with E-state index in [9.17, 15) is 9.59 Å². The quantitative estimate of drug-likeness (QED) is 0.286. The number of ketones is 1. The molecule has 0 unspecified atom stereocenters. The summed E-state index contributed by atoms with van der Waals surface area (Å²) < 4.78 is 10.9. The number of ether oxygens (including phenoxy) is 2. The normalized spacial score (nSPS) is 13.8. The van der Waals surface area contributed by atoms with Gasteiger partial charge >= 0.3 is 5.97 Å². The van der Waals surface area contributed by atoms with E-state index in [1.165, 1.54) is 0 Å². The minimum atomic E-state index is -0.235. The van der Waals surface area contributed by atoms with Crippen LogP contribution in [-0.2, 0) is 29.0 Å². The molecule has 0 bridgehead atoms. The van der Waals surface area contributed by atoms with Crippen molar-refractivity contribution >= 4 is 41.0 Å². The Hall–Kier alpha value is -3.08. The number of rotatable bonds is 7. The Bertz CT molecular complexity index is 1210. The van der Waals surface area contributed by atoms with Crippen LogP contribution in [0.2, 0.25) is 10.0 Å². The van der Waals surface area contributed by atoms with Crippen LogP contribution in [0.25, 0.3) is 6.08 Å². The molecule has 0 spiro atoms. The fourth-order valence-corrected chi connectivity index (χ4v) is 4.30. The summed E-state index contributed by atoms with van der Waals surface area (Å²) in [5.41, 5.74) is 4.99. The number of benzene rings is 3. The predicted molar refractivity (Wildman–Crippen MR) is 130 cm³/mol. The molecular weight excluding hydrogens is 459 g/mol. The molecule has 3 aromatic carbocycles. The summed E-state index contributed by atoms with van der Waals surface area (Å²) in [7, 11) is 0. The van der Waals surface area contributed by atoms with E-state index < -0.39 is 0 Å². The first-order valence-corrected chi connectivity index (χ1v) is 11.4. The molecule has 0 N–H and O–H groups in total. The van der Waals surface area contributed by atoms with Gasteiger partial charge in [0.05, 0.1) is 13.0 Å². The summed E-state index contributed by atoms with van der Waals surface area (Å²) in [4.78, 5) is 24.4. The van der Waals surface area contributed by atoms with Crippen molar-refractivity contribution < 1.29 is 19.1 Å². The number of hydrogen-bond acceptors (Lipinski definition) is 4. The van der Waals surface area contributed by atoms with Crippen LogP contribution in [0, 0.1) is 0 Å². The zero-order chi connectivity index (χ0) is 23.4. The second-order valence-electron chi connectivity index (χ2n) is 7.78. The summed E-state index contributed by atoms with van der Waals surface area (Å²) in [5.74, 6) is 0.468. The smallest absolute Gasteiger partial charge is 0.310 e. The Balaban J connectivity index is 1.41. The van der Waals surface area contributed by atoms with Crippen LogP contribution in [0.4, 0.5) is 0 Å². The third-order valence-corrected chi connectivity index (χ3v) is 5.74. The van der Waals surface area contributed by atoms with Gasteiger partial charge in [0.25, 0.3) is 0 Å². The molecular formula is C27H22Cl2O4. The number of allylic oxidation sites excluding steroid dienone is 1. The van der Waals surface area contributed by atoms with Crippen LogP contribution in [0.1, 0.15) is 39.5 Å². The lowest BCUT2D eigenvalue weighted by Crippen LogP contribution is -2.07. The minimum absolute atomic E-state index is 0.00448. The van der Waals surface area contributed by atoms with Crippen LogP contribution in [0.5, 0.6) is 5.75 Å². The number of hydrogen-bond donors (Lipinski definition) is 0. The van der Waals surface area contributed by atoms with Crippen molar-refractivity contribution in [2.75, 3.05) is 6.61 Å². The van der Waals surface area contributed by atoms with E-state index in [4.69, 9.17) is 32.7 Å². The number of halogens is 2. The van der Waals surface area contributed by atoms with Crippen LogP contribution in [0.3, 0.4) is 0 Å². The number of carbonyl (C=O) groups is 2. The highest BCUT2D eigenvalue weighted by Crippen LogP contribution is 2.32. The van der Waals surface area contributed by atoms with E-state index in [1.54, 1.807) is 31.2 Å². The predicted octanol–water partition coefficient (Wildman–Crippen LogP) is 6.50. The average Bonchev–Trinajstić information content (AvgIpc) is 3.07. The first-order chi connectivity index (χ1) is 15.9. The fourth-order valence-electron chi connectivity index (χ4n) is 3.76. The zero-order valence-electron chi connectivity index (χ0n) is 18.1. The highest BCUT2D eigenvalue weighted by molar-refractivity contribution is 6.34. The molecule has 0 radical (unpaired) electrons. The second-order valence-corrected chi connectivity index (χ2v) is 8.66. The molecule has 3 aromatic rings. The van der Waals surface area contributed by atoms with Gasteiger partial charge in [-0.2, -0.15) is 0 Å². The van der Waals surface area contributed by atoms with Crippen LogP contribution < -0.4 is 4.74 Å². The molecule has 0 aromatic heterocycles. The number of carbonyl (C=O) groups excluding carboxylic acids is 2. The molecule has 168 valence electrons. The van der Waals surface area contributed by atoms with Gasteiger partial charge in [-0.3, -0.25) is 9.59 Å². The molecule has 0 atom stereocenters. The van der Waals surface area contributed by atoms with Gasteiger partial charge in [0, 0.05) is 27.6 Å². The lowest BCUT2D eigenvalue weighted by atomic mass is 10.1. The van der Waals surface area contributed by atoms with Gasteiger partial charge < -0.3 is 9.47 Å². The molecule has 0 aliphatic heterocycles. The van der Waals surface area contributed by atoms with Crippen molar-refractivity contribution in [2.24, 2.45) is 0 Å². The van der Waals surface area contributed by atoms with Gasteiger partial charge in [-0.1, -0.05) is 47.5 Å². The maximum Gasteiger partial charge on any atom is 0.310 e. The highest BCUT2D eigenvalue weighted by Gasteiger charge is 2.25. The van der Waals surface area contributed by atoms with E-state index in [0.29, 0.717) is 46.6 Å². The van der Waals surface area contributed by atoms with E-state index in [0.717, 1.165) is 22.3 Å². The van der Waals surface area contributed by atoms with Gasteiger partial charge in [0.15, 0.2) is 5.78 Å². The Morgan fingerprint density at radius 1 is 0.970 bits per heavy atom. The molecule has 0 amide bonds. The highest BCUT2D eigenvalue weighted by atomic mass is 35.5. The number of fused-ring (bicyclic) bond motifs is 1. The van der Waals surface area contributed by atoms with Gasteiger partial charge in [-0.25, -0.2) is 0 Å². The maximum absolute atomic E-state index is 12.8. The summed E-state index contributed by atoms with van der Waals surface area (Å²) in [6, 6.07) is 18.4. The molecule has 4 nitrogen and oxygen atoms in total. The number of Topliss-reactive ketones (excluding diaryl/α,β-unsaturated/α-hetero) is 1. The van der Waals surface area contributed by atoms with Gasteiger partial charge in [0.1, 0.15) is 12.4 Å². The monoisotopic (exact) mass is 480 g/mol. The van der Waals surface area contributed by atoms with Gasteiger partial charge in [-0.15, -0.1) is 0 Å². The summed E-state index contributed by atoms with van der Waals surface area (Å²) in [6.45, 7) is 2.55. The third-order valence-electron chi connectivity index (χ3n) is 5.30. The van der Waals surface area contributed by atoms with Crippen molar-refractivity contribution in [1.82, 2.24) is 0 Å². The zero-order valence-corrected chi connectivity index (χ0v) is 19.6. The molecule has 1 aliphatic rings. The lowest BCUT2D eigenvalue weighted by Gasteiger charge is -2.08. The van der Waals surface area contributed by atoms with E-state index in [2.05, 4.69) is 0 Å². The third kappa shape index (κ3) is 5.84. The first kappa shape index (κ1) is 23.1. The van der Waals surface area contributed by atoms with Crippen molar-refractivity contribution in [3.05, 3.63) is 104 Å². The topological polar surface area (TPSA) is 52.6 Å². The second kappa shape index (κ2) is 10.2. The Morgan fingerprint density at radius 2 is 1.67 bits per heavy atom. The molecule has 6 heteroatoms. The van der Waals surface area contributed by atoms with Crippen LogP contribution in [0.15, 0.2) is 66.2 Å². The molecule has 0 fully saturated rings. The van der Waals surface area contributed by atoms with Gasteiger partial charge in [0.2, 0.25) is 0 Å². The van der Waals surface area contributed by atoms with Crippen molar-refractivity contribution in [2.45, 2.75) is 26.4 Å². The van der Waals surface area contributed by atoms with Crippen LogP contribution in [-0.4, -0.2) is 18.4 Å². The average molecular weight is 481 g/mol. The minimum Gasteiger partial charge on any atom is -0.489 e. The molecule has 33 heavy (non-hydrogen) atoms. The summed E-state index contributed by atoms with van der Waals surface area (Å²) in [6.07, 6.45) is 2.61. The number of esters is 1. The van der Waals surface area contributed by atoms with E-state index in [-0.39, 0.29) is 18.2 Å². The van der Waals surface area contributed by atoms with Crippen LogP contribution >= 0.6 is 23.2 Å². The van der Waals surface area contributed by atoms with Gasteiger partial charge in [-0.05, 0) is 71.7 Å². The molecule has 1 aliphatic carbocycles. The summed E-state index contributed by atoms with van der Waals surface area (Å²) >= 11 is 12.1. The standard InChI is InChI=1S/C27H22Cl2O4/c1-2-32-26(30)12-17-3-5-18(6-4-17)16-33-24-7-8-25-20(14-24)13-21(27(25)31)9-19-10-22(28)15-23(29)11-19/h3-11,14-15H,2,12-13,16H2,1H3/b21-9+. The van der Waals surface area contributed by atoms with E-state index in [1.807, 2.05) is 42.5 Å². The molecule has 0 saturated carbocycles. The largest absolute Gasteiger partial charge is 0.489 e. The molecule has 4 rings (SSSR count). The fraction of sp³-hybridized carbons (Fsp3) is 0.185. The molecule has 0 heterocycles. The Labute approximate surface area is 202 Å². The van der Waals surface area contributed by atoms with Crippen molar-refractivity contribution in [1.29, 1.82) is 0 Å². The van der Waals surface area contributed by atoms with E-state index >= 15 is 0 Å². The lowest BCUT2D eigenvalue weighted by molar-refractivity contribution is -0.142. The van der Waals surface area contributed by atoms with Crippen molar-refractivity contribution in [3.63, 3.8) is 0 Å². The summed E-state index contributed by atoms with van der Waals surface area (Å²) in [5, 5.41) is 1.06. The first-order valence-electron chi connectivity index (χ1n) is 10.6. The Morgan fingerprint density at radius 3 is 2.36 bits per heavy atom. The maximum atomic E-state index is 12.8.